The maximum absolute atomic E-state index is 12.6. The van der Waals surface area contributed by atoms with Crippen molar-refractivity contribution < 1.29 is 5.11 Å². The first-order valence-electron chi connectivity index (χ1n) is 6.53. The van der Waals surface area contributed by atoms with Crippen molar-refractivity contribution in [1.82, 2.24) is 4.58 Å². The van der Waals surface area contributed by atoms with E-state index in [1.54, 1.807) is 0 Å². The molecule has 0 radical (unpaired) electrons. The van der Waals surface area contributed by atoms with Gasteiger partial charge >= 0.3 is 0 Å². The Balaban J connectivity index is 1.96. The Kier molecular flexibility index (Phi) is 2.12. The van der Waals surface area contributed by atoms with E-state index in [2.05, 4.69) is 12.1 Å². The van der Waals surface area contributed by atoms with Gasteiger partial charge in [-0.1, -0.05) is 42.5 Å². The highest BCUT2D eigenvalue weighted by Gasteiger charge is 2.34. The summed E-state index contributed by atoms with van der Waals surface area (Å²) in [6.07, 6.45) is 3.00. The molecular formula is C17H13NO. The summed E-state index contributed by atoms with van der Waals surface area (Å²) < 4.78 is 1.93. The van der Waals surface area contributed by atoms with Crippen LogP contribution < -0.4 is 20.3 Å². The van der Waals surface area contributed by atoms with Crippen LogP contribution in [0.4, 0.5) is 0 Å². The predicted octanol–water partition coefficient (Wildman–Crippen LogP) is 0.473. The number of hydrogen-bond donors (Lipinski definition) is 0. The molecule has 19 heavy (non-hydrogen) atoms. The van der Waals surface area contributed by atoms with Crippen LogP contribution >= 0.6 is 0 Å². The smallest absolute Gasteiger partial charge is 0.212 e. The molecule has 0 aromatic heterocycles. The zero-order chi connectivity index (χ0) is 12.8. The van der Waals surface area contributed by atoms with E-state index in [9.17, 15) is 5.11 Å². The van der Waals surface area contributed by atoms with Crippen LogP contribution in [0.15, 0.2) is 60.5 Å². The normalized spacial score (nSPS) is 20.2. The molecule has 2 nitrogen and oxygen atoms in total. The Morgan fingerprint density at radius 2 is 1.68 bits per heavy atom. The summed E-state index contributed by atoms with van der Waals surface area (Å²) in [5, 5.41) is 14.8. The van der Waals surface area contributed by atoms with Crippen LogP contribution in [0.2, 0.25) is 0 Å². The highest BCUT2D eigenvalue weighted by Crippen LogP contribution is 2.29. The molecule has 4 rings (SSSR count). The summed E-state index contributed by atoms with van der Waals surface area (Å²) in [7, 11) is 0. The van der Waals surface area contributed by atoms with E-state index in [1.807, 2.05) is 53.1 Å². The van der Waals surface area contributed by atoms with E-state index in [1.165, 1.54) is 5.22 Å². The second-order valence-electron chi connectivity index (χ2n) is 5.02. The van der Waals surface area contributed by atoms with Gasteiger partial charge in [0.1, 0.15) is 0 Å². The standard InChI is InChI=1S/C17H13NO/c19-17-15(12-6-2-1-3-7-12)11-14-10-13-8-4-5-9-16(13)18(14)17/h1-10,14H,11H2/t14-/m0/s1. The zero-order valence-electron chi connectivity index (χ0n) is 10.4. The van der Waals surface area contributed by atoms with E-state index in [4.69, 9.17) is 0 Å². The van der Waals surface area contributed by atoms with Gasteiger partial charge in [0.25, 0.3) is 0 Å². The van der Waals surface area contributed by atoms with Crippen LogP contribution in [0.25, 0.3) is 11.6 Å². The second-order valence-corrected chi connectivity index (χ2v) is 5.02. The number of para-hydroxylation sites is 1. The van der Waals surface area contributed by atoms with E-state index < -0.39 is 0 Å². The Morgan fingerprint density at radius 1 is 0.947 bits per heavy atom. The van der Waals surface area contributed by atoms with Crippen molar-refractivity contribution in [2.75, 3.05) is 0 Å². The Hall–Kier alpha value is -2.35. The minimum Gasteiger partial charge on any atom is -0.823 e. The molecule has 2 aromatic carbocycles. The minimum atomic E-state index is 0.150. The summed E-state index contributed by atoms with van der Waals surface area (Å²) in [6, 6.07) is 18.3. The lowest BCUT2D eigenvalue weighted by Gasteiger charge is -2.06. The van der Waals surface area contributed by atoms with Gasteiger partial charge in [0.15, 0.2) is 11.9 Å². The molecule has 0 fully saturated rings. The van der Waals surface area contributed by atoms with Crippen LogP contribution in [0.5, 0.6) is 0 Å². The molecule has 2 aliphatic heterocycles. The number of benzene rings is 2. The molecule has 0 amide bonds. The van der Waals surface area contributed by atoms with Gasteiger partial charge in [-0.25, -0.2) is 0 Å². The fourth-order valence-corrected chi connectivity index (χ4v) is 3.04. The van der Waals surface area contributed by atoms with Crippen molar-refractivity contribution in [3.63, 3.8) is 0 Å². The summed E-state index contributed by atoms with van der Waals surface area (Å²) in [5.41, 5.74) is 1.98. The molecule has 92 valence electrons. The molecule has 0 spiro atoms. The molecule has 0 saturated carbocycles. The van der Waals surface area contributed by atoms with Crippen LogP contribution in [-0.4, -0.2) is 6.04 Å². The highest BCUT2D eigenvalue weighted by atomic mass is 16.3. The summed E-state index contributed by atoms with van der Waals surface area (Å²) in [4.78, 5) is 0. The molecular weight excluding hydrogens is 234 g/mol. The Labute approximate surface area is 111 Å². The van der Waals surface area contributed by atoms with Crippen molar-refractivity contribution in [3.8, 4) is 0 Å². The van der Waals surface area contributed by atoms with Crippen LogP contribution in [0.1, 0.15) is 12.0 Å². The van der Waals surface area contributed by atoms with Crippen molar-refractivity contribution in [3.05, 3.63) is 76.6 Å². The van der Waals surface area contributed by atoms with Gasteiger partial charge in [0.2, 0.25) is 5.36 Å². The highest BCUT2D eigenvalue weighted by molar-refractivity contribution is 5.72. The van der Waals surface area contributed by atoms with Gasteiger partial charge in [-0.3, -0.25) is 0 Å². The van der Waals surface area contributed by atoms with Crippen molar-refractivity contribution >= 4 is 11.6 Å². The minimum absolute atomic E-state index is 0.150. The number of nitrogens with zero attached hydrogens (tertiary/aromatic N) is 1. The third kappa shape index (κ3) is 1.46. The molecule has 0 aliphatic carbocycles. The molecule has 2 heteroatoms. The lowest BCUT2D eigenvalue weighted by molar-refractivity contribution is -0.313. The first-order valence-corrected chi connectivity index (χ1v) is 6.53. The lowest BCUT2D eigenvalue weighted by atomic mass is 10.0. The summed E-state index contributed by atoms with van der Waals surface area (Å²) in [6.45, 7) is 0. The first-order chi connectivity index (χ1) is 9.34. The van der Waals surface area contributed by atoms with Gasteiger partial charge in [-0.2, -0.15) is 4.58 Å². The van der Waals surface area contributed by atoms with Gasteiger partial charge in [-0.15, -0.1) is 0 Å². The lowest BCUT2D eigenvalue weighted by Crippen LogP contribution is -2.37. The van der Waals surface area contributed by atoms with Crippen molar-refractivity contribution in [2.45, 2.75) is 12.5 Å². The summed E-state index contributed by atoms with van der Waals surface area (Å²) >= 11 is 0. The van der Waals surface area contributed by atoms with Crippen LogP contribution in [-0.2, 0) is 0 Å². The Morgan fingerprint density at radius 3 is 2.53 bits per heavy atom. The largest absolute Gasteiger partial charge is 0.823 e. The number of hydrogen-bond acceptors (Lipinski definition) is 1. The maximum Gasteiger partial charge on any atom is 0.212 e. The van der Waals surface area contributed by atoms with Gasteiger partial charge in [0, 0.05) is 23.3 Å². The van der Waals surface area contributed by atoms with Crippen LogP contribution in [0, 0.1) is 0 Å². The predicted molar refractivity (Wildman–Crippen MR) is 73.2 cm³/mol. The average Bonchev–Trinajstić information content (AvgIpc) is 2.97. The van der Waals surface area contributed by atoms with E-state index in [0.29, 0.717) is 0 Å². The van der Waals surface area contributed by atoms with Gasteiger partial charge in [0.05, 0.1) is 0 Å². The van der Waals surface area contributed by atoms with E-state index >= 15 is 0 Å². The van der Waals surface area contributed by atoms with E-state index in [0.717, 1.165) is 22.9 Å². The first kappa shape index (κ1) is 10.6. The summed E-state index contributed by atoms with van der Waals surface area (Å²) in [5.74, 6) is 0.150. The Bertz CT molecular complexity index is 803. The third-order valence-electron chi connectivity index (χ3n) is 3.91. The number of rotatable bonds is 1. The van der Waals surface area contributed by atoms with Gasteiger partial charge < -0.3 is 5.11 Å². The van der Waals surface area contributed by atoms with Crippen molar-refractivity contribution in [2.24, 2.45) is 0 Å². The molecule has 0 unspecified atom stereocenters. The topological polar surface area (TPSA) is 26.1 Å². The average molecular weight is 247 g/mol. The maximum atomic E-state index is 12.6. The molecule has 0 N–H and O–H groups in total. The molecule has 2 aliphatic rings. The molecule has 2 aromatic rings. The van der Waals surface area contributed by atoms with Gasteiger partial charge in [-0.05, 0) is 17.7 Å². The second kappa shape index (κ2) is 3.82. The molecule has 0 bridgehead atoms. The quantitative estimate of drug-likeness (QED) is 0.673. The molecule has 0 saturated heterocycles. The third-order valence-corrected chi connectivity index (χ3v) is 3.91. The fraction of sp³-hybridized carbons (Fsp3) is 0.118. The van der Waals surface area contributed by atoms with Crippen molar-refractivity contribution in [1.29, 1.82) is 0 Å². The zero-order valence-corrected chi connectivity index (χ0v) is 10.4. The molecule has 1 atom stereocenters. The number of fused-ring (bicyclic) bond motifs is 2. The molecule has 2 heterocycles. The fourth-order valence-electron chi connectivity index (χ4n) is 3.04. The monoisotopic (exact) mass is 247 g/mol. The SMILES string of the molecule is [O-]C1=C(c2ccccc2)C[C@@H]2C=c3ccccc3=[N+]12. The van der Waals surface area contributed by atoms with Crippen LogP contribution in [0.3, 0.4) is 0 Å². The van der Waals surface area contributed by atoms with E-state index in [-0.39, 0.29) is 11.9 Å².